The second kappa shape index (κ2) is 8.17. The van der Waals surface area contributed by atoms with E-state index in [1.54, 1.807) is 24.3 Å². The molecule has 0 saturated heterocycles. The summed E-state index contributed by atoms with van der Waals surface area (Å²) in [5.41, 5.74) is 1.39. The molecule has 0 bridgehead atoms. The third-order valence-corrected chi connectivity index (χ3v) is 3.32. The highest BCUT2D eigenvalue weighted by Gasteiger charge is 2.09. The molecule has 0 saturated carbocycles. The summed E-state index contributed by atoms with van der Waals surface area (Å²) in [6.45, 7) is 2.41. The SMILES string of the molecule is CCOc1ccccc1NC(=O)CCc1ccc(OC)c(F)c1. The second-order valence-corrected chi connectivity index (χ2v) is 4.95. The fourth-order valence-electron chi connectivity index (χ4n) is 2.19. The summed E-state index contributed by atoms with van der Waals surface area (Å²) < 4.78 is 24.0. The number of ether oxygens (including phenoxy) is 2. The number of anilines is 1. The van der Waals surface area contributed by atoms with Crippen LogP contribution in [0.15, 0.2) is 42.5 Å². The van der Waals surface area contributed by atoms with Crippen molar-refractivity contribution in [3.05, 3.63) is 53.8 Å². The maximum atomic E-state index is 13.6. The summed E-state index contributed by atoms with van der Waals surface area (Å²) in [5.74, 6) is 0.267. The lowest BCUT2D eigenvalue weighted by atomic mass is 10.1. The molecular formula is C18H20FNO3. The van der Waals surface area contributed by atoms with Gasteiger partial charge in [0.25, 0.3) is 0 Å². The van der Waals surface area contributed by atoms with Crippen LogP contribution in [-0.4, -0.2) is 19.6 Å². The predicted octanol–water partition coefficient (Wildman–Crippen LogP) is 3.80. The number of rotatable bonds is 7. The van der Waals surface area contributed by atoms with Crippen LogP contribution in [0.5, 0.6) is 11.5 Å². The third kappa shape index (κ3) is 4.71. The van der Waals surface area contributed by atoms with Crippen LogP contribution < -0.4 is 14.8 Å². The zero-order valence-corrected chi connectivity index (χ0v) is 13.3. The Hall–Kier alpha value is -2.56. The van der Waals surface area contributed by atoms with E-state index in [4.69, 9.17) is 9.47 Å². The summed E-state index contributed by atoms with van der Waals surface area (Å²) >= 11 is 0. The van der Waals surface area contributed by atoms with Gasteiger partial charge in [-0.25, -0.2) is 4.39 Å². The highest BCUT2D eigenvalue weighted by atomic mass is 19.1. The first-order valence-corrected chi connectivity index (χ1v) is 7.48. The fourth-order valence-corrected chi connectivity index (χ4v) is 2.19. The molecular weight excluding hydrogens is 297 g/mol. The molecule has 1 amide bonds. The first-order valence-electron chi connectivity index (χ1n) is 7.48. The van der Waals surface area contributed by atoms with E-state index < -0.39 is 5.82 Å². The minimum Gasteiger partial charge on any atom is -0.494 e. The number of hydrogen-bond acceptors (Lipinski definition) is 3. The molecule has 122 valence electrons. The molecule has 4 nitrogen and oxygen atoms in total. The molecule has 0 aliphatic carbocycles. The molecule has 0 heterocycles. The van der Waals surface area contributed by atoms with Gasteiger partial charge >= 0.3 is 0 Å². The van der Waals surface area contributed by atoms with E-state index in [1.807, 2.05) is 19.1 Å². The van der Waals surface area contributed by atoms with Gasteiger partial charge < -0.3 is 14.8 Å². The van der Waals surface area contributed by atoms with E-state index in [2.05, 4.69) is 5.32 Å². The molecule has 0 unspecified atom stereocenters. The number of nitrogens with one attached hydrogen (secondary N) is 1. The van der Waals surface area contributed by atoms with Gasteiger partial charge in [-0.3, -0.25) is 4.79 Å². The minimum atomic E-state index is -0.424. The number of aryl methyl sites for hydroxylation is 1. The molecule has 0 radical (unpaired) electrons. The topological polar surface area (TPSA) is 47.6 Å². The van der Waals surface area contributed by atoms with Gasteiger partial charge in [-0.2, -0.15) is 0 Å². The van der Waals surface area contributed by atoms with E-state index in [9.17, 15) is 9.18 Å². The maximum absolute atomic E-state index is 13.6. The number of carbonyl (C=O) groups excluding carboxylic acids is 1. The average Bonchev–Trinajstić information content (AvgIpc) is 2.55. The highest BCUT2D eigenvalue weighted by Crippen LogP contribution is 2.24. The third-order valence-electron chi connectivity index (χ3n) is 3.32. The summed E-state index contributed by atoms with van der Waals surface area (Å²) in [7, 11) is 1.42. The molecule has 0 fully saturated rings. The number of para-hydroxylation sites is 2. The normalized spacial score (nSPS) is 10.2. The van der Waals surface area contributed by atoms with E-state index in [0.717, 1.165) is 5.56 Å². The summed E-state index contributed by atoms with van der Waals surface area (Å²) in [6, 6.07) is 12.0. The van der Waals surface area contributed by atoms with Crippen LogP contribution in [0.4, 0.5) is 10.1 Å². The van der Waals surface area contributed by atoms with Crippen molar-refractivity contribution in [1.82, 2.24) is 0 Å². The smallest absolute Gasteiger partial charge is 0.224 e. The Kier molecular flexibility index (Phi) is 5.97. The van der Waals surface area contributed by atoms with Crippen LogP contribution >= 0.6 is 0 Å². The van der Waals surface area contributed by atoms with Gasteiger partial charge in [-0.15, -0.1) is 0 Å². The van der Waals surface area contributed by atoms with Gasteiger partial charge in [0.2, 0.25) is 5.91 Å². The monoisotopic (exact) mass is 317 g/mol. The van der Waals surface area contributed by atoms with Gasteiger partial charge in [-0.1, -0.05) is 18.2 Å². The Morgan fingerprint density at radius 2 is 1.96 bits per heavy atom. The van der Waals surface area contributed by atoms with Crippen molar-refractivity contribution in [2.45, 2.75) is 19.8 Å². The lowest BCUT2D eigenvalue weighted by Gasteiger charge is -2.11. The molecule has 1 N–H and O–H groups in total. The second-order valence-electron chi connectivity index (χ2n) is 4.95. The molecule has 2 rings (SSSR count). The van der Waals surface area contributed by atoms with Crippen LogP contribution in [0.1, 0.15) is 18.9 Å². The standard InChI is InChI=1S/C18H20FNO3/c1-3-23-17-7-5-4-6-15(17)20-18(21)11-9-13-8-10-16(22-2)14(19)12-13/h4-8,10,12H,3,9,11H2,1-2H3,(H,20,21). The van der Waals surface area contributed by atoms with E-state index in [1.165, 1.54) is 13.2 Å². The van der Waals surface area contributed by atoms with Crippen molar-refractivity contribution < 1.29 is 18.7 Å². The van der Waals surface area contributed by atoms with Crippen LogP contribution in [0, 0.1) is 5.82 Å². The minimum absolute atomic E-state index is 0.145. The van der Waals surface area contributed by atoms with Crippen LogP contribution in [0.3, 0.4) is 0 Å². The zero-order chi connectivity index (χ0) is 16.7. The van der Waals surface area contributed by atoms with Crippen LogP contribution in [0.25, 0.3) is 0 Å². The first-order chi connectivity index (χ1) is 11.1. The summed E-state index contributed by atoms with van der Waals surface area (Å²) in [6.07, 6.45) is 0.704. The van der Waals surface area contributed by atoms with Crippen molar-refractivity contribution in [2.75, 3.05) is 19.0 Å². The number of amides is 1. The highest BCUT2D eigenvalue weighted by molar-refractivity contribution is 5.92. The van der Waals surface area contributed by atoms with Gasteiger partial charge in [0.1, 0.15) is 5.75 Å². The van der Waals surface area contributed by atoms with Crippen molar-refractivity contribution in [3.8, 4) is 11.5 Å². The molecule has 0 spiro atoms. The Balaban J connectivity index is 1.94. The number of carbonyl (C=O) groups is 1. The van der Waals surface area contributed by atoms with Crippen LogP contribution in [-0.2, 0) is 11.2 Å². The van der Waals surface area contributed by atoms with E-state index in [-0.39, 0.29) is 18.1 Å². The summed E-state index contributed by atoms with van der Waals surface area (Å²) in [4.78, 5) is 12.1. The van der Waals surface area contributed by atoms with Gasteiger partial charge in [0.05, 0.1) is 19.4 Å². The Morgan fingerprint density at radius 3 is 2.65 bits per heavy atom. The number of halogens is 1. The lowest BCUT2D eigenvalue weighted by Crippen LogP contribution is -2.13. The Labute approximate surface area is 135 Å². The molecule has 23 heavy (non-hydrogen) atoms. The van der Waals surface area contributed by atoms with Crippen molar-refractivity contribution in [2.24, 2.45) is 0 Å². The lowest BCUT2D eigenvalue weighted by molar-refractivity contribution is -0.116. The predicted molar refractivity (Wildman–Crippen MR) is 87.5 cm³/mol. The number of methoxy groups -OCH3 is 1. The van der Waals surface area contributed by atoms with E-state index >= 15 is 0 Å². The largest absolute Gasteiger partial charge is 0.494 e. The molecule has 5 heteroatoms. The molecule has 0 aliphatic rings. The fraction of sp³-hybridized carbons (Fsp3) is 0.278. The molecule has 2 aromatic rings. The number of hydrogen-bond donors (Lipinski definition) is 1. The van der Waals surface area contributed by atoms with Crippen LogP contribution in [0.2, 0.25) is 0 Å². The Morgan fingerprint density at radius 1 is 1.17 bits per heavy atom. The maximum Gasteiger partial charge on any atom is 0.224 e. The average molecular weight is 317 g/mol. The van der Waals surface area contributed by atoms with Gasteiger partial charge in [-0.05, 0) is 43.2 Å². The zero-order valence-electron chi connectivity index (χ0n) is 13.3. The van der Waals surface area contributed by atoms with Crippen molar-refractivity contribution in [1.29, 1.82) is 0 Å². The van der Waals surface area contributed by atoms with Gasteiger partial charge in [0.15, 0.2) is 11.6 Å². The summed E-state index contributed by atoms with van der Waals surface area (Å²) in [5, 5.41) is 2.82. The van der Waals surface area contributed by atoms with E-state index in [0.29, 0.717) is 24.5 Å². The Bertz CT molecular complexity index is 673. The molecule has 2 aromatic carbocycles. The number of benzene rings is 2. The van der Waals surface area contributed by atoms with Crippen molar-refractivity contribution >= 4 is 11.6 Å². The molecule has 0 aromatic heterocycles. The van der Waals surface area contributed by atoms with Gasteiger partial charge in [0, 0.05) is 6.42 Å². The molecule has 0 aliphatic heterocycles. The van der Waals surface area contributed by atoms with Crippen molar-refractivity contribution in [3.63, 3.8) is 0 Å². The quantitative estimate of drug-likeness (QED) is 0.845. The first kappa shape index (κ1) is 16.8. The molecule has 0 atom stereocenters.